The van der Waals surface area contributed by atoms with Crippen LogP contribution in [0.2, 0.25) is 0 Å². The van der Waals surface area contributed by atoms with Crippen molar-refractivity contribution in [2.24, 2.45) is 0 Å². The van der Waals surface area contributed by atoms with Crippen LogP contribution in [-0.2, 0) is 17.8 Å². The molecular formula is C22H25NNaO5S. The maximum atomic E-state index is 11.7. The monoisotopic (exact) mass is 438 g/mol. The molecule has 1 unspecified atom stereocenters. The van der Waals surface area contributed by atoms with Crippen molar-refractivity contribution in [1.29, 1.82) is 0 Å². The molecule has 1 aliphatic rings. The fourth-order valence-corrected chi connectivity index (χ4v) is 4.39. The van der Waals surface area contributed by atoms with Gasteiger partial charge in [0.05, 0.1) is 19.5 Å². The van der Waals surface area contributed by atoms with Gasteiger partial charge in [0.25, 0.3) is 5.24 Å². The zero-order chi connectivity index (χ0) is 21.1. The predicted octanol–water partition coefficient (Wildman–Crippen LogP) is 3.72. The molecule has 1 heterocycles. The zero-order valence-corrected chi connectivity index (χ0v) is 21.1. The number of amides is 2. The van der Waals surface area contributed by atoms with Gasteiger partial charge >= 0.3 is 0 Å². The number of thioether (sulfide) groups is 1. The molecule has 3 rings (SSSR count). The van der Waals surface area contributed by atoms with Crippen LogP contribution in [0.1, 0.15) is 27.8 Å². The number of imide groups is 1. The number of rotatable bonds is 7. The number of benzene rings is 2. The van der Waals surface area contributed by atoms with Gasteiger partial charge in [-0.3, -0.25) is 14.9 Å². The first-order chi connectivity index (χ1) is 13.8. The van der Waals surface area contributed by atoms with Crippen LogP contribution in [0.25, 0.3) is 0 Å². The van der Waals surface area contributed by atoms with Gasteiger partial charge in [0.15, 0.2) is 0 Å². The molecule has 0 bridgehead atoms. The summed E-state index contributed by atoms with van der Waals surface area (Å²) in [6.45, 7) is 6.38. The minimum Gasteiger partial charge on any atom is -0.496 e. The number of ether oxygens (including phenoxy) is 3. The van der Waals surface area contributed by atoms with Crippen LogP contribution in [0.15, 0.2) is 24.3 Å². The summed E-state index contributed by atoms with van der Waals surface area (Å²) in [6, 6.07) is 7.57. The van der Waals surface area contributed by atoms with E-state index in [4.69, 9.17) is 14.2 Å². The van der Waals surface area contributed by atoms with E-state index in [1.807, 2.05) is 45.0 Å². The van der Waals surface area contributed by atoms with Gasteiger partial charge in [-0.25, -0.2) is 0 Å². The molecular weight excluding hydrogens is 413 g/mol. The Morgan fingerprint density at radius 1 is 0.933 bits per heavy atom. The van der Waals surface area contributed by atoms with Crippen molar-refractivity contribution in [2.75, 3.05) is 14.2 Å². The van der Waals surface area contributed by atoms with Gasteiger partial charge in [-0.05, 0) is 56.0 Å². The minimum atomic E-state index is -0.371. The molecule has 0 aromatic heterocycles. The molecule has 1 atom stereocenters. The summed E-state index contributed by atoms with van der Waals surface area (Å²) in [5.41, 5.74) is 5.02. The molecule has 1 fully saturated rings. The summed E-state index contributed by atoms with van der Waals surface area (Å²) >= 11 is 1.04. The maximum Gasteiger partial charge on any atom is 0.286 e. The zero-order valence-electron chi connectivity index (χ0n) is 18.3. The Kier molecular flexibility index (Phi) is 8.67. The molecule has 1 saturated heterocycles. The SMILES string of the molecule is COc1c(C)c(C)c(OC)c(COc2ccc(CC3SC(=O)NC3=O)cc2)c1C.[Na]. The van der Waals surface area contributed by atoms with E-state index in [0.717, 1.165) is 51.1 Å². The van der Waals surface area contributed by atoms with E-state index >= 15 is 0 Å². The van der Waals surface area contributed by atoms with Gasteiger partial charge in [-0.1, -0.05) is 23.9 Å². The number of carbonyl (C=O) groups is 2. The Morgan fingerprint density at radius 3 is 2.07 bits per heavy atom. The molecule has 30 heavy (non-hydrogen) atoms. The first-order valence-corrected chi connectivity index (χ1v) is 10.2. The van der Waals surface area contributed by atoms with Gasteiger partial charge in [-0.15, -0.1) is 0 Å². The molecule has 8 heteroatoms. The van der Waals surface area contributed by atoms with Gasteiger partial charge in [0.2, 0.25) is 5.91 Å². The smallest absolute Gasteiger partial charge is 0.286 e. The van der Waals surface area contributed by atoms with Crippen LogP contribution >= 0.6 is 11.8 Å². The van der Waals surface area contributed by atoms with Crippen molar-refractivity contribution in [3.8, 4) is 17.2 Å². The van der Waals surface area contributed by atoms with Crippen molar-refractivity contribution in [3.63, 3.8) is 0 Å². The molecule has 1 N–H and O–H groups in total. The van der Waals surface area contributed by atoms with E-state index < -0.39 is 0 Å². The van der Waals surface area contributed by atoms with Crippen LogP contribution in [0, 0.1) is 20.8 Å². The average Bonchev–Trinajstić information content (AvgIpc) is 3.02. The van der Waals surface area contributed by atoms with Gasteiger partial charge in [-0.2, -0.15) is 0 Å². The number of carbonyl (C=O) groups excluding carboxylic acids is 2. The van der Waals surface area contributed by atoms with E-state index in [9.17, 15) is 9.59 Å². The summed E-state index contributed by atoms with van der Waals surface area (Å²) in [7, 11) is 3.33. The summed E-state index contributed by atoms with van der Waals surface area (Å²) in [4.78, 5) is 23.0. The van der Waals surface area contributed by atoms with Crippen LogP contribution in [0.5, 0.6) is 17.2 Å². The molecule has 1 aliphatic heterocycles. The molecule has 2 aromatic carbocycles. The second-order valence-corrected chi connectivity index (χ2v) is 8.12. The number of methoxy groups -OCH3 is 2. The Hall–Kier alpha value is -1.67. The first kappa shape index (κ1) is 24.6. The molecule has 6 nitrogen and oxygen atoms in total. The number of nitrogens with one attached hydrogen (secondary N) is 1. The Morgan fingerprint density at radius 2 is 1.53 bits per heavy atom. The maximum absolute atomic E-state index is 11.7. The summed E-state index contributed by atoms with van der Waals surface area (Å²) in [6.07, 6.45) is 0.504. The molecule has 0 spiro atoms. The van der Waals surface area contributed by atoms with Crippen LogP contribution in [-0.4, -0.2) is 60.2 Å². The van der Waals surface area contributed by atoms with Crippen molar-refractivity contribution in [3.05, 3.63) is 52.1 Å². The first-order valence-electron chi connectivity index (χ1n) is 9.29. The van der Waals surface area contributed by atoms with Gasteiger partial charge < -0.3 is 14.2 Å². The van der Waals surface area contributed by atoms with Crippen molar-refractivity contribution in [1.82, 2.24) is 5.32 Å². The third kappa shape index (κ3) is 5.14. The molecule has 1 radical (unpaired) electrons. The van der Waals surface area contributed by atoms with Crippen molar-refractivity contribution in [2.45, 2.75) is 39.0 Å². The molecule has 0 aliphatic carbocycles. The Labute approximate surface area is 203 Å². The van der Waals surface area contributed by atoms with E-state index in [1.54, 1.807) is 14.2 Å². The molecule has 155 valence electrons. The number of hydrogen-bond donors (Lipinski definition) is 1. The fourth-order valence-electron chi connectivity index (χ4n) is 3.53. The van der Waals surface area contributed by atoms with Crippen molar-refractivity contribution < 1.29 is 23.8 Å². The fraction of sp³-hybridized carbons (Fsp3) is 0.364. The van der Waals surface area contributed by atoms with E-state index in [-0.39, 0.29) is 46.0 Å². The van der Waals surface area contributed by atoms with E-state index in [2.05, 4.69) is 5.32 Å². The Balaban J connectivity index is 0.00000320. The normalized spacial score (nSPS) is 15.4. The van der Waals surface area contributed by atoms with Crippen LogP contribution in [0.4, 0.5) is 4.79 Å². The minimum absolute atomic E-state index is 0. The standard InChI is InChI=1S/C22H25NO5S.Na/c1-12-13(2)20(27-5)17(14(3)19(12)26-4)11-28-16-8-6-15(7-9-16)10-18-21(24)23-22(25)29-18;/h6-9,18H,10-11H2,1-5H3,(H,23,24,25);. The predicted molar refractivity (Wildman–Crippen MR) is 119 cm³/mol. The average molecular weight is 439 g/mol. The van der Waals surface area contributed by atoms with Gasteiger partial charge in [0.1, 0.15) is 23.9 Å². The van der Waals surface area contributed by atoms with Gasteiger partial charge in [0, 0.05) is 40.7 Å². The summed E-state index contributed by atoms with van der Waals surface area (Å²) in [5, 5.41) is 1.65. The summed E-state index contributed by atoms with van der Waals surface area (Å²) < 4.78 is 17.2. The van der Waals surface area contributed by atoms with E-state index in [0.29, 0.717) is 18.8 Å². The second-order valence-electron chi connectivity index (χ2n) is 6.94. The topological polar surface area (TPSA) is 73.9 Å². The van der Waals surface area contributed by atoms with Crippen LogP contribution in [0.3, 0.4) is 0 Å². The molecule has 0 saturated carbocycles. The van der Waals surface area contributed by atoms with Crippen LogP contribution < -0.4 is 19.5 Å². The third-order valence-corrected chi connectivity index (χ3v) is 6.20. The summed E-state index contributed by atoms with van der Waals surface area (Å²) in [5.74, 6) is 2.14. The van der Waals surface area contributed by atoms with Crippen molar-refractivity contribution >= 4 is 52.5 Å². The number of hydrogen-bond acceptors (Lipinski definition) is 6. The largest absolute Gasteiger partial charge is 0.496 e. The quantitative estimate of drug-likeness (QED) is 0.665. The molecule has 2 amide bonds. The second kappa shape index (κ2) is 10.6. The molecule has 2 aromatic rings. The Bertz CT molecular complexity index is 946. The third-order valence-electron chi connectivity index (χ3n) is 5.21. The van der Waals surface area contributed by atoms with E-state index in [1.165, 1.54) is 0 Å².